The third-order valence-electron chi connectivity index (χ3n) is 21.8. The van der Waals surface area contributed by atoms with Crippen LogP contribution in [0.15, 0.2) is 206 Å². The maximum Gasteiger partial charge on any atom is 0.409 e. The van der Waals surface area contributed by atoms with Crippen LogP contribution in [0.1, 0.15) is 118 Å². The smallest absolute Gasteiger partial charge is 0.409 e. The minimum Gasteiger partial charge on any atom is -0.495 e. The number of hydrogen-bond donors (Lipinski definition) is 3. The van der Waals surface area contributed by atoms with Crippen LogP contribution in [0.4, 0.5) is 10.5 Å². The molecule has 2 fully saturated rings. The number of unbranched alkanes of at least 4 members (excludes halogenated alkanes) is 1. The molecule has 0 saturated carbocycles. The molecule has 0 spiro atoms. The lowest BCUT2D eigenvalue weighted by atomic mass is 9.83. The van der Waals surface area contributed by atoms with E-state index in [0.717, 1.165) is 61.7 Å². The first-order valence-corrected chi connectivity index (χ1v) is 43.4. The summed E-state index contributed by atoms with van der Waals surface area (Å²) in [5, 5.41) is 17.6. The van der Waals surface area contributed by atoms with Crippen LogP contribution in [0, 0.1) is 5.92 Å². The van der Waals surface area contributed by atoms with Gasteiger partial charge in [-0.1, -0.05) is 149 Å². The quantitative estimate of drug-likeness (QED) is 0.0107. The van der Waals surface area contributed by atoms with E-state index < -0.39 is 102 Å². The predicted molar refractivity (Wildman–Crippen MR) is 465 cm³/mol. The molecule has 7 heterocycles. The molecule has 9 atom stereocenters. The van der Waals surface area contributed by atoms with Crippen LogP contribution in [-0.2, 0) is 105 Å². The van der Waals surface area contributed by atoms with Crippen LogP contribution in [-0.4, -0.2) is 194 Å². The largest absolute Gasteiger partial charge is 0.495 e. The Hall–Kier alpha value is -10.6. The number of benzene rings is 4. The van der Waals surface area contributed by atoms with Crippen molar-refractivity contribution in [2.45, 2.75) is 173 Å². The molecular weight excluding hydrogens is 1600 g/mol. The van der Waals surface area contributed by atoms with Crippen molar-refractivity contribution in [2.75, 3.05) is 65.0 Å². The number of likely N-dealkylation sites (N-methyl/N-ethyl adjacent to an activating group) is 1. The van der Waals surface area contributed by atoms with Crippen LogP contribution in [0.2, 0.25) is 5.02 Å². The summed E-state index contributed by atoms with van der Waals surface area (Å²) in [6.45, 7) is 11.0. The lowest BCUT2D eigenvalue weighted by Gasteiger charge is -2.42. The zero-order valence-corrected chi connectivity index (χ0v) is 72.3. The number of epoxide rings is 1. The van der Waals surface area contributed by atoms with E-state index in [4.69, 9.17) is 44.8 Å². The molecule has 8 aromatic rings. The summed E-state index contributed by atoms with van der Waals surface area (Å²) >= 11 is 6.91. The Morgan fingerprint density at radius 2 is 1.31 bits per heavy atom. The molecular formula is C92H108ClN11O15S2. The van der Waals surface area contributed by atoms with Gasteiger partial charge in [-0.3, -0.25) is 59.0 Å². The molecule has 4 aromatic carbocycles. The van der Waals surface area contributed by atoms with E-state index >= 15 is 4.79 Å². The van der Waals surface area contributed by atoms with Crippen LogP contribution in [0.3, 0.4) is 0 Å². The van der Waals surface area contributed by atoms with Crippen molar-refractivity contribution in [3.05, 3.63) is 256 Å². The van der Waals surface area contributed by atoms with Gasteiger partial charge in [0.25, 0.3) is 0 Å². The van der Waals surface area contributed by atoms with E-state index in [1.807, 2.05) is 140 Å². The van der Waals surface area contributed by atoms with Gasteiger partial charge in [0.15, 0.2) is 5.72 Å². The number of aliphatic hydroxyl groups is 1. The highest BCUT2D eigenvalue weighted by molar-refractivity contribution is 8.76. The molecule has 640 valence electrons. The van der Waals surface area contributed by atoms with Crippen molar-refractivity contribution in [2.24, 2.45) is 5.92 Å². The zero-order valence-electron chi connectivity index (χ0n) is 69.9. The highest BCUT2D eigenvalue weighted by Crippen LogP contribution is 2.49. The molecule has 3 aliphatic rings. The molecule has 2 unspecified atom stereocenters. The van der Waals surface area contributed by atoms with Gasteiger partial charge in [0.1, 0.15) is 52.5 Å². The fourth-order valence-corrected chi connectivity index (χ4v) is 17.2. The zero-order chi connectivity index (χ0) is 86.0. The maximum atomic E-state index is 15.1. The van der Waals surface area contributed by atoms with E-state index in [0.29, 0.717) is 82.3 Å². The number of alkyl carbamates (subject to hydrolysis) is 1. The minimum atomic E-state index is -1.90. The Morgan fingerprint density at radius 3 is 1.87 bits per heavy atom. The SMILES string of the molecule is COC(=O)CC(NC(=O)CCSSCCC(=O)N(C)[C@H](C)C(=O)O[C@@H]1CC(=O)N(C)c2cc(cc(OC)c2Cl)C/C(C)=C/C=C/[C@H](OC)[C@]2(O)C[C@@H](OC(=O)N2)[C@H](C)[C@H]2OC21C)C(=O)N(CCCCOc1cc(CN(Cc2ccccn2)Cc2ccccn2)cc(CN(Cc2ccccn2)Cc2ccccn2)c1)Cc1ccc(-c2ccccc2)cc1. The highest BCUT2D eigenvalue weighted by atomic mass is 35.5. The van der Waals surface area contributed by atoms with Gasteiger partial charge in [-0.25, -0.2) is 9.59 Å². The van der Waals surface area contributed by atoms with E-state index in [-0.39, 0.29) is 54.8 Å². The van der Waals surface area contributed by atoms with E-state index in [9.17, 15) is 33.9 Å². The topological polar surface area (TPSA) is 299 Å². The highest BCUT2D eigenvalue weighted by Gasteiger charge is 2.64. The molecule has 121 heavy (non-hydrogen) atoms. The van der Waals surface area contributed by atoms with Gasteiger partial charge in [0.05, 0.1) is 68.2 Å². The number of amides is 5. The van der Waals surface area contributed by atoms with E-state index in [2.05, 4.69) is 58.6 Å². The van der Waals surface area contributed by atoms with Crippen molar-refractivity contribution >= 4 is 80.5 Å². The summed E-state index contributed by atoms with van der Waals surface area (Å²) in [5.74, 6) is -2.38. The summed E-state index contributed by atoms with van der Waals surface area (Å²) in [4.78, 5) is 126. The third-order valence-corrected chi connectivity index (χ3v) is 24.6. The number of methoxy groups -OCH3 is 3. The van der Waals surface area contributed by atoms with Gasteiger partial charge < -0.3 is 58.3 Å². The summed E-state index contributed by atoms with van der Waals surface area (Å²) in [5.41, 5.74) is 7.37. The summed E-state index contributed by atoms with van der Waals surface area (Å²) < 4.78 is 41.7. The van der Waals surface area contributed by atoms with Crippen molar-refractivity contribution in [3.63, 3.8) is 0 Å². The first kappa shape index (κ1) is 91.2. The molecule has 4 bridgehead atoms. The molecule has 3 aliphatic heterocycles. The van der Waals surface area contributed by atoms with Gasteiger partial charge in [-0.2, -0.15) is 0 Å². The number of halogens is 1. The van der Waals surface area contributed by atoms with Gasteiger partial charge in [0, 0.05) is 135 Å². The first-order valence-electron chi connectivity index (χ1n) is 40.6. The summed E-state index contributed by atoms with van der Waals surface area (Å²) in [6, 6.07) is 49.1. The maximum absolute atomic E-state index is 15.1. The Bertz CT molecular complexity index is 4650. The molecule has 2 saturated heterocycles. The van der Waals surface area contributed by atoms with Crippen LogP contribution in [0.25, 0.3) is 11.1 Å². The number of nitrogens with zero attached hydrogens (tertiary/aromatic N) is 9. The third kappa shape index (κ3) is 26.2. The molecule has 4 aromatic heterocycles. The number of rotatable bonds is 37. The second-order valence-electron chi connectivity index (χ2n) is 30.9. The van der Waals surface area contributed by atoms with Crippen LogP contribution >= 0.6 is 33.2 Å². The van der Waals surface area contributed by atoms with Gasteiger partial charge in [0.2, 0.25) is 23.6 Å². The van der Waals surface area contributed by atoms with Crippen molar-refractivity contribution in [1.82, 2.24) is 50.2 Å². The lowest BCUT2D eigenvalue weighted by molar-refractivity contribution is -0.162. The average Bonchev–Trinajstić information content (AvgIpc) is 1.57. The Balaban J connectivity index is 0.724. The van der Waals surface area contributed by atoms with E-state index in [1.54, 1.807) is 74.9 Å². The summed E-state index contributed by atoms with van der Waals surface area (Å²) in [6.07, 6.45) is 8.05. The Labute approximate surface area is 720 Å². The van der Waals surface area contributed by atoms with E-state index in [1.165, 1.54) is 66.7 Å². The van der Waals surface area contributed by atoms with Crippen molar-refractivity contribution < 1.29 is 71.8 Å². The predicted octanol–water partition coefficient (Wildman–Crippen LogP) is 13.3. The fraction of sp³-hybridized carbons (Fsp3) is 0.402. The number of pyridine rings is 4. The molecule has 0 radical (unpaired) electrons. The monoisotopic (exact) mass is 1710 g/mol. The molecule has 11 rings (SSSR count). The standard InChI is InChI=1S/C92H108ClN11O15S2/c1-62-24-23-31-80(114-8)92(112)54-79(117-90(111)99-92)63(2)87-91(4,119-87)81(53-84(107)101(6)77-50-66(46-62)51-78(113-7)86(77)93)118-89(110)64(3)100(5)83(106)37-45-121-120-44-36-82(105)98-76(52-85(108)115-9)88(109)104(57-65-32-34-70(35-33-65)69-25-11-10-12-26-69)42-21-22-43-116-75-48-67(55-102(58-71-27-13-17-38-94-71)59-72-28-14-18-39-95-72)47-68(49-75)56-103(60-73-29-15-19-40-96-73)61-74-30-16-20-41-97-74/h10-20,23-35,38-41,47-51,63-64,76,79-81,87,112H,21-22,36-37,42-46,52-61H2,1-9H3,(H,98,105)(H,99,111)/b31-23+,62-24+/t63-,64+,76?,79+,80-,81+,87+,91?,92+/m0/s1. The number of allylic oxidation sites excluding steroid dienone is 3. The molecule has 26 nitrogen and oxygen atoms in total. The minimum absolute atomic E-state index is 0.00742. The Kier molecular flexibility index (Phi) is 33.4. The first-order chi connectivity index (χ1) is 58.4. The van der Waals surface area contributed by atoms with Gasteiger partial charge >= 0.3 is 18.0 Å². The second kappa shape index (κ2) is 44.3. The normalized spacial score (nSPS) is 20.3. The molecule has 0 aliphatic carbocycles. The number of hydrogen-bond acceptors (Lipinski definition) is 23. The fourth-order valence-electron chi connectivity index (χ4n) is 15.0. The number of nitrogens with one attached hydrogen (secondary N) is 2. The number of anilines is 1. The number of ether oxygens (including phenoxy) is 7. The average molecular weight is 1710 g/mol. The van der Waals surface area contributed by atoms with Crippen LogP contribution < -0.4 is 25.0 Å². The second-order valence-corrected chi connectivity index (χ2v) is 34.0. The molecule has 29 heteroatoms. The number of carbonyl (C=O) groups excluding carboxylic acids is 7. The van der Waals surface area contributed by atoms with Crippen LogP contribution in [0.5, 0.6) is 11.5 Å². The Morgan fingerprint density at radius 1 is 0.727 bits per heavy atom. The number of carbonyl (C=O) groups is 7. The van der Waals surface area contributed by atoms with Crippen molar-refractivity contribution in [1.29, 1.82) is 0 Å². The number of aromatic nitrogens is 4. The number of esters is 2. The lowest BCUT2D eigenvalue weighted by Crippen LogP contribution is -2.63. The number of fused-ring (bicyclic) bond motifs is 5. The van der Waals surface area contributed by atoms with Gasteiger partial charge in [-0.05, 0) is 146 Å². The molecule has 3 N–H and O–H groups in total. The molecule has 5 amide bonds. The van der Waals surface area contributed by atoms with Gasteiger partial charge in [-0.15, -0.1) is 0 Å². The summed E-state index contributed by atoms with van der Waals surface area (Å²) in [7, 11) is 9.84. The van der Waals surface area contributed by atoms with Crippen molar-refractivity contribution in [3.8, 4) is 22.6 Å².